The molecule has 2 unspecified atom stereocenters. The van der Waals surface area contributed by atoms with Crippen LogP contribution in [0.25, 0.3) is 0 Å². The predicted octanol–water partition coefficient (Wildman–Crippen LogP) is -0.0573. The van der Waals surface area contributed by atoms with Gasteiger partial charge in [-0.1, -0.05) is 12.1 Å². The van der Waals surface area contributed by atoms with Crippen molar-refractivity contribution in [2.24, 2.45) is 5.73 Å². The number of nitrogens with zero attached hydrogens (tertiary/aromatic N) is 3. The third-order valence-electron chi connectivity index (χ3n) is 2.74. The van der Waals surface area contributed by atoms with Gasteiger partial charge in [-0.3, -0.25) is 0 Å². The molecule has 0 aromatic carbocycles. The molecule has 78 valence electrons. The molecule has 0 amide bonds. The summed E-state index contributed by atoms with van der Waals surface area (Å²) in [7, 11) is 0. The SMILES string of the molecule is CCC1CC(N)(c2nn[nH]n2)CCO1. The molecule has 1 aliphatic heterocycles. The number of rotatable bonds is 2. The minimum absolute atomic E-state index is 0.215. The summed E-state index contributed by atoms with van der Waals surface area (Å²) < 4.78 is 5.55. The molecule has 1 aromatic rings. The first-order valence-electron chi connectivity index (χ1n) is 4.89. The highest BCUT2D eigenvalue weighted by Crippen LogP contribution is 2.30. The Balaban J connectivity index is 2.15. The Hall–Kier alpha value is -1.01. The smallest absolute Gasteiger partial charge is 0.194 e. The summed E-state index contributed by atoms with van der Waals surface area (Å²) in [6.45, 7) is 2.76. The Bertz CT molecular complexity index is 288. The molecule has 1 aliphatic rings. The highest BCUT2D eigenvalue weighted by Gasteiger charge is 2.37. The first-order chi connectivity index (χ1) is 6.74. The largest absolute Gasteiger partial charge is 0.378 e. The number of hydrogen-bond donors (Lipinski definition) is 2. The zero-order valence-corrected chi connectivity index (χ0v) is 8.23. The van der Waals surface area contributed by atoms with E-state index in [1.807, 2.05) is 0 Å². The van der Waals surface area contributed by atoms with Crippen LogP contribution < -0.4 is 5.73 Å². The third-order valence-corrected chi connectivity index (χ3v) is 2.74. The molecule has 1 aromatic heterocycles. The van der Waals surface area contributed by atoms with Gasteiger partial charge < -0.3 is 10.5 Å². The minimum atomic E-state index is -0.466. The Labute approximate surface area is 82.2 Å². The Morgan fingerprint density at radius 1 is 1.71 bits per heavy atom. The molecule has 0 aliphatic carbocycles. The van der Waals surface area contributed by atoms with Crippen molar-refractivity contribution in [3.63, 3.8) is 0 Å². The molecule has 6 heteroatoms. The lowest BCUT2D eigenvalue weighted by Gasteiger charge is -2.35. The van der Waals surface area contributed by atoms with Crippen LogP contribution in [0.1, 0.15) is 32.0 Å². The Morgan fingerprint density at radius 2 is 2.57 bits per heavy atom. The molecule has 1 saturated heterocycles. The number of aromatic nitrogens is 4. The van der Waals surface area contributed by atoms with E-state index >= 15 is 0 Å². The second-order valence-electron chi connectivity index (χ2n) is 3.75. The van der Waals surface area contributed by atoms with Gasteiger partial charge >= 0.3 is 0 Å². The zero-order chi connectivity index (χ0) is 10.0. The van der Waals surface area contributed by atoms with E-state index in [9.17, 15) is 0 Å². The monoisotopic (exact) mass is 197 g/mol. The summed E-state index contributed by atoms with van der Waals surface area (Å²) in [6, 6.07) is 0. The first kappa shape index (κ1) is 9.54. The quantitative estimate of drug-likeness (QED) is 0.693. The molecule has 0 spiro atoms. The van der Waals surface area contributed by atoms with Crippen LogP contribution in [-0.4, -0.2) is 33.3 Å². The lowest BCUT2D eigenvalue weighted by atomic mass is 9.86. The number of tetrazole rings is 1. The van der Waals surface area contributed by atoms with E-state index < -0.39 is 5.54 Å². The normalized spacial score (nSPS) is 33.1. The molecular weight excluding hydrogens is 182 g/mol. The Morgan fingerprint density at radius 3 is 3.21 bits per heavy atom. The third kappa shape index (κ3) is 1.62. The van der Waals surface area contributed by atoms with E-state index in [1.165, 1.54) is 0 Å². The van der Waals surface area contributed by atoms with Crippen molar-refractivity contribution in [3.8, 4) is 0 Å². The van der Waals surface area contributed by atoms with Gasteiger partial charge in [-0.15, -0.1) is 10.2 Å². The number of ether oxygens (including phenoxy) is 1. The van der Waals surface area contributed by atoms with Crippen LogP contribution >= 0.6 is 0 Å². The standard InChI is InChI=1S/C8H15N5O/c1-2-6-5-8(9,3-4-14-6)7-10-12-13-11-7/h6H,2-5,9H2,1H3,(H,10,11,12,13). The lowest BCUT2D eigenvalue weighted by molar-refractivity contribution is -0.0234. The van der Waals surface area contributed by atoms with Crippen LogP contribution in [0, 0.1) is 0 Å². The van der Waals surface area contributed by atoms with Crippen molar-refractivity contribution in [1.82, 2.24) is 20.6 Å². The minimum Gasteiger partial charge on any atom is -0.378 e. The van der Waals surface area contributed by atoms with E-state index in [4.69, 9.17) is 10.5 Å². The van der Waals surface area contributed by atoms with Crippen LogP contribution in [0.15, 0.2) is 0 Å². The van der Waals surface area contributed by atoms with E-state index in [-0.39, 0.29) is 6.10 Å². The first-order valence-corrected chi connectivity index (χ1v) is 4.89. The fourth-order valence-corrected chi connectivity index (χ4v) is 1.81. The van der Waals surface area contributed by atoms with Crippen LogP contribution in [-0.2, 0) is 10.3 Å². The second kappa shape index (κ2) is 3.62. The molecule has 2 atom stereocenters. The molecule has 2 heterocycles. The van der Waals surface area contributed by atoms with Crippen molar-refractivity contribution in [3.05, 3.63) is 5.82 Å². The number of nitrogens with two attached hydrogens (primary N) is 1. The van der Waals surface area contributed by atoms with Gasteiger partial charge in [-0.2, -0.15) is 5.21 Å². The molecule has 1 fully saturated rings. The van der Waals surface area contributed by atoms with E-state index in [1.54, 1.807) is 0 Å². The summed E-state index contributed by atoms with van der Waals surface area (Å²) >= 11 is 0. The van der Waals surface area contributed by atoms with Gasteiger partial charge in [0, 0.05) is 6.61 Å². The molecule has 0 saturated carbocycles. The van der Waals surface area contributed by atoms with Crippen LogP contribution in [0.2, 0.25) is 0 Å². The maximum absolute atomic E-state index is 6.23. The van der Waals surface area contributed by atoms with Crippen LogP contribution in [0.4, 0.5) is 0 Å². The summed E-state index contributed by atoms with van der Waals surface area (Å²) in [4.78, 5) is 0. The fraction of sp³-hybridized carbons (Fsp3) is 0.875. The molecule has 6 nitrogen and oxygen atoms in total. The van der Waals surface area contributed by atoms with E-state index in [0.29, 0.717) is 12.4 Å². The van der Waals surface area contributed by atoms with Crippen molar-refractivity contribution < 1.29 is 4.74 Å². The molecule has 0 bridgehead atoms. The van der Waals surface area contributed by atoms with Crippen LogP contribution in [0.3, 0.4) is 0 Å². The highest BCUT2D eigenvalue weighted by atomic mass is 16.5. The summed E-state index contributed by atoms with van der Waals surface area (Å²) in [5, 5.41) is 13.9. The maximum Gasteiger partial charge on any atom is 0.194 e. The number of H-pyrrole nitrogens is 1. The predicted molar refractivity (Wildman–Crippen MR) is 49.3 cm³/mol. The van der Waals surface area contributed by atoms with E-state index in [0.717, 1.165) is 19.3 Å². The molecule has 3 N–H and O–H groups in total. The van der Waals surface area contributed by atoms with E-state index in [2.05, 4.69) is 27.5 Å². The number of nitrogens with one attached hydrogen (secondary N) is 1. The van der Waals surface area contributed by atoms with Gasteiger partial charge in [0.05, 0.1) is 11.6 Å². The lowest BCUT2D eigenvalue weighted by Crippen LogP contribution is -2.46. The Kier molecular flexibility index (Phi) is 2.47. The van der Waals surface area contributed by atoms with Gasteiger partial charge in [0.2, 0.25) is 0 Å². The maximum atomic E-state index is 6.23. The number of aromatic amines is 1. The van der Waals surface area contributed by atoms with Gasteiger partial charge in [0.15, 0.2) is 5.82 Å². The molecule has 2 rings (SSSR count). The molecule has 0 radical (unpaired) electrons. The average Bonchev–Trinajstić information content (AvgIpc) is 2.71. The summed E-state index contributed by atoms with van der Waals surface area (Å²) in [5.41, 5.74) is 5.76. The topological polar surface area (TPSA) is 89.7 Å². The van der Waals surface area contributed by atoms with Crippen LogP contribution in [0.5, 0.6) is 0 Å². The van der Waals surface area contributed by atoms with Gasteiger partial charge in [-0.05, 0) is 19.3 Å². The second-order valence-corrected chi connectivity index (χ2v) is 3.75. The molecular formula is C8H15N5O. The van der Waals surface area contributed by atoms with Crippen molar-refractivity contribution in [2.45, 2.75) is 37.8 Å². The fourth-order valence-electron chi connectivity index (χ4n) is 1.81. The molecule has 14 heavy (non-hydrogen) atoms. The van der Waals surface area contributed by atoms with Crippen molar-refractivity contribution in [1.29, 1.82) is 0 Å². The average molecular weight is 197 g/mol. The highest BCUT2D eigenvalue weighted by molar-refractivity contribution is 5.03. The summed E-state index contributed by atoms with van der Waals surface area (Å²) in [5.74, 6) is 0.597. The van der Waals surface area contributed by atoms with Gasteiger partial charge in [0.1, 0.15) is 0 Å². The van der Waals surface area contributed by atoms with Crippen molar-refractivity contribution >= 4 is 0 Å². The van der Waals surface area contributed by atoms with Crippen molar-refractivity contribution in [2.75, 3.05) is 6.61 Å². The zero-order valence-electron chi connectivity index (χ0n) is 8.23. The van der Waals surface area contributed by atoms with Gasteiger partial charge in [0.25, 0.3) is 0 Å². The number of hydrogen-bond acceptors (Lipinski definition) is 5. The van der Waals surface area contributed by atoms with Gasteiger partial charge in [-0.25, -0.2) is 0 Å². The summed E-state index contributed by atoms with van der Waals surface area (Å²) in [6.07, 6.45) is 2.70.